The fraction of sp³-hybridized carbons (Fsp3) is 0.667. The highest BCUT2D eigenvalue weighted by molar-refractivity contribution is 6.13. The predicted molar refractivity (Wildman–Crippen MR) is 72.4 cm³/mol. The number of Topliss-reactive ketones (excluding diaryl/α,β-unsaturated/α-hetero) is 1. The van der Waals surface area contributed by atoms with Crippen molar-refractivity contribution in [2.24, 2.45) is 5.92 Å². The molecule has 0 spiro atoms. The number of rotatable bonds is 4. The Labute approximate surface area is 123 Å². The molecule has 2 aliphatic heterocycles. The van der Waals surface area contributed by atoms with Gasteiger partial charge in [0, 0.05) is 6.42 Å². The SMILES string of the molecule is C=C1[C@H](C(=O)OCC)[C@]2(C)CCC(=O)[C@@]1(C(=O)OCC)O2. The fourth-order valence-corrected chi connectivity index (χ4v) is 3.15. The summed E-state index contributed by atoms with van der Waals surface area (Å²) in [5.41, 5.74) is -2.70. The Morgan fingerprint density at radius 2 is 1.95 bits per heavy atom. The monoisotopic (exact) mass is 296 g/mol. The van der Waals surface area contributed by atoms with E-state index in [9.17, 15) is 14.4 Å². The van der Waals surface area contributed by atoms with Gasteiger partial charge in [-0.2, -0.15) is 0 Å². The first kappa shape index (κ1) is 15.7. The normalized spacial score (nSPS) is 34.7. The van der Waals surface area contributed by atoms with Crippen molar-refractivity contribution in [1.82, 2.24) is 0 Å². The summed E-state index contributed by atoms with van der Waals surface area (Å²) < 4.78 is 15.8. The lowest BCUT2D eigenvalue weighted by molar-refractivity contribution is -0.191. The topological polar surface area (TPSA) is 78.9 Å². The molecule has 0 aromatic heterocycles. The van der Waals surface area contributed by atoms with Gasteiger partial charge in [0.05, 0.1) is 18.8 Å². The molecular weight excluding hydrogens is 276 g/mol. The second-order valence-corrected chi connectivity index (χ2v) is 5.45. The van der Waals surface area contributed by atoms with Gasteiger partial charge in [-0.05, 0) is 32.8 Å². The first-order valence-electron chi connectivity index (χ1n) is 7.10. The highest BCUT2D eigenvalue weighted by Crippen LogP contribution is 2.53. The van der Waals surface area contributed by atoms with E-state index in [1.807, 2.05) is 0 Å². The molecule has 2 fully saturated rings. The molecule has 0 aliphatic carbocycles. The Morgan fingerprint density at radius 1 is 1.33 bits per heavy atom. The summed E-state index contributed by atoms with van der Waals surface area (Å²) in [5, 5.41) is 0. The number of carbonyl (C=O) groups excluding carboxylic acids is 3. The summed E-state index contributed by atoms with van der Waals surface area (Å²) in [7, 11) is 0. The van der Waals surface area contributed by atoms with Crippen LogP contribution in [0.4, 0.5) is 0 Å². The zero-order chi connectivity index (χ0) is 15.8. The zero-order valence-electron chi connectivity index (χ0n) is 12.6. The molecule has 3 atom stereocenters. The first-order chi connectivity index (χ1) is 9.83. The van der Waals surface area contributed by atoms with E-state index in [4.69, 9.17) is 14.2 Å². The molecular formula is C15H20O6. The van der Waals surface area contributed by atoms with Crippen LogP contribution in [0.15, 0.2) is 12.2 Å². The van der Waals surface area contributed by atoms with Crippen LogP contribution < -0.4 is 0 Å². The lowest BCUT2D eigenvalue weighted by Gasteiger charge is -2.35. The largest absolute Gasteiger partial charge is 0.465 e. The van der Waals surface area contributed by atoms with E-state index in [-0.39, 0.29) is 25.2 Å². The summed E-state index contributed by atoms with van der Waals surface area (Å²) >= 11 is 0. The Balaban J connectivity index is 2.46. The van der Waals surface area contributed by atoms with Gasteiger partial charge >= 0.3 is 11.9 Å². The summed E-state index contributed by atoms with van der Waals surface area (Å²) in [6.07, 6.45) is 0.486. The van der Waals surface area contributed by atoms with Crippen LogP contribution in [0.1, 0.15) is 33.6 Å². The Bertz CT molecular complexity index is 510. The van der Waals surface area contributed by atoms with Crippen LogP contribution >= 0.6 is 0 Å². The van der Waals surface area contributed by atoms with Crippen LogP contribution in [0.3, 0.4) is 0 Å². The maximum atomic E-state index is 12.3. The standard InChI is InChI=1S/C15H20O6/c1-5-19-12(17)11-9(3)15(13(18)20-6-2)10(16)7-8-14(11,4)21-15/h11H,3,5-8H2,1-2,4H3/t11-,14+,15+/m1/s1. The molecule has 2 aliphatic rings. The predicted octanol–water partition coefficient (Wildman–Crippen LogP) is 1.18. The molecule has 6 heteroatoms. The van der Waals surface area contributed by atoms with Crippen LogP contribution in [-0.2, 0) is 28.6 Å². The van der Waals surface area contributed by atoms with Crippen LogP contribution in [-0.4, -0.2) is 42.1 Å². The molecule has 0 aromatic rings. The van der Waals surface area contributed by atoms with E-state index in [1.165, 1.54) is 0 Å². The third-order valence-corrected chi connectivity index (χ3v) is 4.12. The lowest BCUT2D eigenvalue weighted by Crippen LogP contribution is -2.53. The minimum absolute atomic E-state index is 0.116. The van der Waals surface area contributed by atoms with E-state index in [0.29, 0.717) is 6.42 Å². The fourth-order valence-electron chi connectivity index (χ4n) is 3.15. The van der Waals surface area contributed by atoms with Crippen molar-refractivity contribution in [2.45, 2.75) is 44.8 Å². The number of fused-ring (bicyclic) bond motifs is 2. The number of ketones is 1. The molecule has 6 nitrogen and oxygen atoms in total. The molecule has 0 saturated carbocycles. The van der Waals surface area contributed by atoms with Crippen molar-refractivity contribution in [3.63, 3.8) is 0 Å². The summed E-state index contributed by atoms with van der Waals surface area (Å²) in [5.74, 6) is -2.56. The average Bonchev–Trinajstić information content (AvgIpc) is 2.62. The van der Waals surface area contributed by atoms with Gasteiger partial charge in [-0.25, -0.2) is 4.79 Å². The van der Waals surface area contributed by atoms with Crippen molar-refractivity contribution in [3.8, 4) is 0 Å². The van der Waals surface area contributed by atoms with Crippen LogP contribution in [0, 0.1) is 5.92 Å². The number of carbonyl (C=O) groups is 3. The van der Waals surface area contributed by atoms with Gasteiger partial charge in [-0.15, -0.1) is 0 Å². The molecule has 0 unspecified atom stereocenters. The van der Waals surface area contributed by atoms with Crippen LogP contribution in [0.5, 0.6) is 0 Å². The molecule has 2 rings (SSSR count). The second kappa shape index (κ2) is 5.26. The van der Waals surface area contributed by atoms with E-state index >= 15 is 0 Å². The van der Waals surface area contributed by atoms with Gasteiger partial charge in [-0.3, -0.25) is 9.59 Å². The van der Waals surface area contributed by atoms with E-state index in [1.54, 1.807) is 20.8 Å². The molecule has 2 bridgehead atoms. The van der Waals surface area contributed by atoms with E-state index < -0.39 is 34.8 Å². The Hall–Kier alpha value is -1.69. The van der Waals surface area contributed by atoms with Crippen LogP contribution in [0.25, 0.3) is 0 Å². The molecule has 2 saturated heterocycles. The lowest BCUT2D eigenvalue weighted by atomic mass is 9.82. The highest BCUT2D eigenvalue weighted by Gasteiger charge is 2.69. The minimum Gasteiger partial charge on any atom is -0.465 e. The second-order valence-electron chi connectivity index (χ2n) is 5.45. The maximum absolute atomic E-state index is 12.3. The quantitative estimate of drug-likeness (QED) is 0.440. The number of esters is 2. The number of hydrogen-bond acceptors (Lipinski definition) is 6. The average molecular weight is 296 g/mol. The third-order valence-electron chi connectivity index (χ3n) is 4.12. The van der Waals surface area contributed by atoms with Gasteiger partial charge in [0.15, 0.2) is 5.78 Å². The minimum atomic E-state index is -1.86. The Kier molecular flexibility index (Phi) is 3.93. The molecule has 0 amide bonds. The van der Waals surface area contributed by atoms with Crippen molar-refractivity contribution < 1.29 is 28.6 Å². The van der Waals surface area contributed by atoms with Gasteiger partial charge in [0.1, 0.15) is 5.92 Å². The van der Waals surface area contributed by atoms with Gasteiger partial charge < -0.3 is 14.2 Å². The third kappa shape index (κ3) is 2.09. The van der Waals surface area contributed by atoms with E-state index in [2.05, 4.69) is 6.58 Å². The summed E-state index contributed by atoms with van der Waals surface area (Å²) in [4.78, 5) is 36.8. The van der Waals surface area contributed by atoms with Crippen molar-refractivity contribution in [3.05, 3.63) is 12.2 Å². The maximum Gasteiger partial charge on any atom is 0.350 e. The molecule has 2 heterocycles. The molecule has 21 heavy (non-hydrogen) atoms. The van der Waals surface area contributed by atoms with E-state index in [0.717, 1.165) is 0 Å². The van der Waals surface area contributed by atoms with Crippen molar-refractivity contribution >= 4 is 17.7 Å². The summed E-state index contributed by atoms with van der Waals surface area (Å²) in [6.45, 7) is 9.16. The number of hydrogen-bond donors (Lipinski definition) is 0. The smallest absolute Gasteiger partial charge is 0.350 e. The van der Waals surface area contributed by atoms with Gasteiger partial charge in [-0.1, -0.05) is 6.58 Å². The molecule has 0 radical (unpaired) electrons. The van der Waals surface area contributed by atoms with Gasteiger partial charge in [0.2, 0.25) is 5.60 Å². The zero-order valence-corrected chi connectivity index (χ0v) is 12.6. The van der Waals surface area contributed by atoms with Crippen LogP contribution in [0.2, 0.25) is 0 Å². The summed E-state index contributed by atoms with van der Waals surface area (Å²) in [6, 6.07) is 0. The first-order valence-corrected chi connectivity index (χ1v) is 7.10. The van der Waals surface area contributed by atoms with Crippen molar-refractivity contribution in [1.29, 1.82) is 0 Å². The van der Waals surface area contributed by atoms with Gasteiger partial charge in [0.25, 0.3) is 0 Å². The molecule has 116 valence electrons. The number of ether oxygens (including phenoxy) is 3. The molecule has 0 N–H and O–H groups in total. The van der Waals surface area contributed by atoms with Crippen molar-refractivity contribution in [2.75, 3.05) is 13.2 Å². The highest BCUT2D eigenvalue weighted by atomic mass is 16.6. The Morgan fingerprint density at radius 3 is 2.52 bits per heavy atom. The molecule has 0 aromatic carbocycles.